The van der Waals surface area contributed by atoms with Gasteiger partial charge in [-0.05, 0) is 61.4 Å². The van der Waals surface area contributed by atoms with Crippen LogP contribution in [0, 0.1) is 0 Å². The van der Waals surface area contributed by atoms with E-state index in [0.717, 1.165) is 72.1 Å². The minimum Gasteiger partial charge on any atom is -0.508 e. The largest absolute Gasteiger partial charge is 0.508 e. The number of phenolic OH excluding ortho intramolecular Hbond substituents is 1. The Morgan fingerprint density at radius 2 is 2.14 bits per heavy atom. The third kappa shape index (κ3) is 4.81. The number of hydrogen-bond acceptors (Lipinski definition) is 4. The van der Waals surface area contributed by atoms with Crippen LogP contribution < -0.4 is 4.74 Å². The van der Waals surface area contributed by atoms with E-state index in [2.05, 4.69) is 31.9 Å². The van der Waals surface area contributed by atoms with Crippen molar-refractivity contribution in [2.45, 2.75) is 38.2 Å². The number of halogens is 2. The summed E-state index contributed by atoms with van der Waals surface area (Å²) < 4.78 is 19.6. The third-order valence-electron chi connectivity index (χ3n) is 5.62. The fourth-order valence-corrected chi connectivity index (χ4v) is 4.92. The second-order valence-electron chi connectivity index (χ2n) is 7.73. The highest BCUT2D eigenvalue weighted by atomic mass is 79.9. The lowest BCUT2D eigenvalue weighted by atomic mass is 9.94. The molecule has 0 spiro atoms. The van der Waals surface area contributed by atoms with Gasteiger partial charge in [0.1, 0.15) is 11.9 Å². The lowest BCUT2D eigenvalue weighted by molar-refractivity contribution is 0.191. The summed E-state index contributed by atoms with van der Waals surface area (Å²) in [6.45, 7) is 2.31. The molecule has 154 valence electrons. The second-order valence-corrected chi connectivity index (χ2v) is 8.69. The molecule has 0 bridgehead atoms. The third-order valence-corrected chi connectivity index (χ3v) is 6.41. The smallest absolute Gasteiger partial charge is 0.213 e. The number of pyridine rings is 1. The molecule has 4 nitrogen and oxygen atoms in total. The molecule has 1 atom stereocenters. The maximum atomic E-state index is 12.4. The fourth-order valence-electron chi connectivity index (χ4n) is 4.20. The van der Waals surface area contributed by atoms with Crippen molar-refractivity contribution >= 4 is 21.5 Å². The molecule has 0 saturated carbocycles. The number of benzene rings is 1. The maximum Gasteiger partial charge on any atom is 0.213 e. The Kier molecular flexibility index (Phi) is 6.50. The summed E-state index contributed by atoms with van der Waals surface area (Å²) in [7, 11) is 0. The Hall–Kier alpha value is -1.92. The van der Waals surface area contributed by atoms with E-state index in [9.17, 15) is 9.50 Å². The zero-order chi connectivity index (χ0) is 20.2. The topological polar surface area (TPSA) is 45.6 Å². The molecule has 1 fully saturated rings. The van der Waals surface area contributed by atoms with E-state index in [1.165, 1.54) is 0 Å². The van der Waals surface area contributed by atoms with Gasteiger partial charge in [0.05, 0.1) is 6.67 Å². The number of aryl methyl sites for hydroxylation is 1. The molecule has 1 aromatic heterocycles. The van der Waals surface area contributed by atoms with Crippen molar-refractivity contribution in [3.8, 4) is 11.6 Å². The van der Waals surface area contributed by atoms with Gasteiger partial charge in [0.15, 0.2) is 0 Å². The first-order valence-corrected chi connectivity index (χ1v) is 11.1. The van der Waals surface area contributed by atoms with Gasteiger partial charge in [-0.1, -0.05) is 22.0 Å². The van der Waals surface area contributed by atoms with Crippen LogP contribution >= 0.6 is 15.9 Å². The number of rotatable bonds is 6. The van der Waals surface area contributed by atoms with Crippen molar-refractivity contribution < 1.29 is 14.2 Å². The van der Waals surface area contributed by atoms with Crippen molar-refractivity contribution in [2.75, 3.05) is 26.3 Å². The molecule has 4 rings (SSSR count). The number of ether oxygens (including phenoxy) is 1. The minimum absolute atomic E-state index is 0.112. The first-order chi connectivity index (χ1) is 14.1. The van der Waals surface area contributed by atoms with E-state index in [1.807, 2.05) is 24.4 Å². The van der Waals surface area contributed by atoms with Crippen molar-refractivity contribution in [2.24, 2.45) is 0 Å². The van der Waals surface area contributed by atoms with Crippen LogP contribution in [0.1, 0.15) is 42.4 Å². The molecule has 1 saturated heterocycles. The Morgan fingerprint density at radius 1 is 1.24 bits per heavy atom. The van der Waals surface area contributed by atoms with Gasteiger partial charge >= 0.3 is 0 Å². The number of nitrogens with zero attached hydrogens (tertiary/aromatic N) is 2. The van der Waals surface area contributed by atoms with Crippen LogP contribution in [0.25, 0.3) is 5.57 Å². The standard InChI is InChI=1S/C23H26BrFN2O2/c24-21-4-1-3-16-13-18(28)6-7-20(16)23(21)17-5-8-22(26-14-17)29-19-9-12-27(15-19)11-2-10-25/h5-8,13-14,19,28H,1-4,9-12,15H2/t19-/m0/s1. The van der Waals surface area contributed by atoms with Gasteiger partial charge in [-0.2, -0.15) is 0 Å². The highest BCUT2D eigenvalue weighted by Gasteiger charge is 2.24. The van der Waals surface area contributed by atoms with Gasteiger partial charge in [0.2, 0.25) is 5.88 Å². The monoisotopic (exact) mass is 460 g/mol. The molecule has 1 N–H and O–H groups in total. The van der Waals surface area contributed by atoms with Gasteiger partial charge in [-0.3, -0.25) is 9.29 Å². The molecule has 2 heterocycles. The maximum absolute atomic E-state index is 12.4. The summed E-state index contributed by atoms with van der Waals surface area (Å²) in [6.07, 6.45) is 6.45. The van der Waals surface area contributed by atoms with Crippen LogP contribution in [-0.4, -0.2) is 47.4 Å². The predicted octanol–water partition coefficient (Wildman–Crippen LogP) is 5.09. The van der Waals surface area contributed by atoms with E-state index >= 15 is 0 Å². The highest BCUT2D eigenvalue weighted by Crippen LogP contribution is 2.38. The van der Waals surface area contributed by atoms with E-state index < -0.39 is 0 Å². The van der Waals surface area contributed by atoms with Gasteiger partial charge in [-0.15, -0.1) is 0 Å². The van der Waals surface area contributed by atoms with Crippen molar-refractivity contribution in [3.05, 3.63) is 57.7 Å². The average Bonchev–Trinajstić information content (AvgIpc) is 3.09. The summed E-state index contributed by atoms with van der Waals surface area (Å²) in [5.41, 5.74) is 4.47. The first kappa shape index (κ1) is 20.4. The lowest BCUT2D eigenvalue weighted by Crippen LogP contribution is -2.26. The number of hydrogen-bond donors (Lipinski definition) is 1. The van der Waals surface area contributed by atoms with E-state index in [-0.39, 0.29) is 12.8 Å². The molecule has 0 unspecified atom stereocenters. The van der Waals surface area contributed by atoms with Crippen LogP contribution in [0.5, 0.6) is 11.6 Å². The predicted molar refractivity (Wildman–Crippen MR) is 116 cm³/mol. The molecular formula is C23H26BrFN2O2. The summed E-state index contributed by atoms with van der Waals surface area (Å²) in [6, 6.07) is 9.57. The zero-order valence-corrected chi connectivity index (χ0v) is 18.0. The quantitative estimate of drug-likeness (QED) is 0.651. The summed E-state index contributed by atoms with van der Waals surface area (Å²) in [4.78, 5) is 6.80. The number of fused-ring (bicyclic) bond motifs is 1. The number of alkyl halides is 1. The van der Waals surface area contributed by atoms with E-state index in [0.29, 0.717) is 18.1 Å². The van der Waals surface area contributed by atoms with Crippen molar-refractivity contribution in [3.63, 3.8) is 0 Å². The van der Waals surface area contributed by atoms with Gasteiger partial charge in [-0.25, -0.2) is 4.98 Å². The Bertz CT molecular complexity index is 885. The second kappa shape index (κ2) is 9.26. The van der Waals surface area contributed by atoms with Gasteiger partial charge in [0.25, 0.3) is 0 Å². The van der Waals surface area contributed by atoms with Gasteiger partial charge in [0, 0.05) is 47.5 Å². The summed E-state index contributed by atoms with van der Waals surface area (Å²) in [5.74, 6) is 0.933. The number of phenols is 1. The first-order valence-electron chi connectivity index (χ1n) is 10.3. The SMILES string of the molecule is Oc1ccc2c(c1)CCCC(Br)=C2c1ccc(O[C@H]2CCN(CCCF)C2)nc1. The number of aromatic nitrogens is 1. The van der Waals surface area contributed by atoms with Crippen molar-refractivity contribution in [1.82, 2.24) is 9.88 Å². The Balaban J connectivity index is 1.50. The van der Waals surface area contributed by atoms with Gasteiger partial charge < -0.3 is 9.84 Å². The molecule has 1 aromatic carbocycles. The molecule has 29 heavy (non-hydrogen) atoms. The van der Waals surface area contributed by atoms with Crippen LogP contribution in [-0.2, 0) is 6.42 Å². The summed E-state index contributed by atoms with van der Waals surface area (Å²) in [5, 5.41) is 9.86. The van der Waals surface area contributed by atoms with E-state index in [4.69, 9.17) is 4.74 Å². The highest BCUT2D eigenvalue weighted by molar-refractivity contribution is 9.11. The van der Waals surface area contributed by atoms with Crippen LogP contribution in [0.15, 0.2) is 41.0 Å². The minimum atomic E-state index is -0.265. The Morgan fingerprint density at radius 3 is 2.93 bits per heavy atom. The fraction of sp³-hybridized carbons (Fsp3) is 0.435. The number of likely N-dealkylation sites (tertiary alicyclic amines) is 1. The van der Waals surface area contributed by atoms with Crippen LogP contribution in [0.4, 0.5) is 4.39 Å². The van der Waals surface area contributed by atoms with E-state index in [1.54, 1.807) is 6.07 Å². The lowest BCUT2D eigenvalue weighted by Gasteiger charge is -2.16. The normalized spacial score (nSPS) is 19.9. The van der Waals surface area contributed by atoms with Crippen molar-refractivity contribution in [1.29, 1.82) is 0 Å². The molecule has 6 heteroatoms. The molecule has 1 aliphatic heterocycles. The number of aromatic hydroxyl groups is 1. The zero-order valence-electron chi connectivity index (χ0n) is 16.4. The molecule has 0 radical (unpaired) electrons. The summed E-state index contributed by atoms with van der Waals surface area (Å²) >= 11 is 3.77. The molecule has 2 aliphatic rings. The molecule has 0 amide bonds. The van der Waals surface area contributed by atoms with Crippen LogP contribution in [0.2, 0.25) is 0 Å². The number of allylic oxidation sites excluding steroid dienone is 1. The Labute approximate surface area is 179 Å². The molecular weight excluding hydrogens is 435 g/mol. The van der Waals surface area contributed by atoms with Crippen LogP contribution in [0.3, 0.4) is 0 Å². The molecule has 2 aromatic rings. The average molecular weight is 461 g/mol. The molecule has 1 aliphatic carbocycles.